The van der Waals surface area contributed by atoms with E-state index in [1.807, 2.05) is 48.0 Å². The van der Waals surface area contributed by atoms with E-state index in [4.69, 9.17) is 0 Å². The van der Waals surface area contributed by atoms with E-state index in [0.717, 1.165) is 17.0 Å². The molecule has 34 heavy (non-hydrogen) atoms. The first kappa shape index (κ1) is 25.3. The number of nitrogens with one attached hydrogen (secondary N) is 2. The lowest BCUT2D eigenvalue weighted by molar-refractivity contribution is -0.123. The zero-order valence-electron chi connectivity index (χ0n) is 18.9. The number of benzene rings is 2. The number of thioether (sulfide) groups is 1. The van der Waals surface area contributed by atoms with Crippen molar-refractivity contribution in [2.75, 3.05) is 17.6 Å². The number of carbonyl (C=O) groups is 2. The number of anilines is 1. The van der Waals surface area contributed by atoms with Gasteiger partial charge in [0.1, 0.15) is 6.54 Å². The molecular weight excluding hydrogens is 467 g/mol. The van der Waals surface area contributed by atoms with Gasteiger partial charge in [-0.1, -0.05) is 42.1 Å². The van der Waals surface area contributed by atoms with Crippen LogP contribution in [0.5, 0.6) is 0 Å². The molecule has 11 heteroatoms. The second kappa shape index (κ2) is 10.7. The van der Waals surface area contributed by atoms with Crippen molar-refractivity contribution in [2.45, 2.75) is 38.6 Å². The molecule has 0 radical (unpaired) electrons. The highest BCUT2D eigenvalue weighted by Crippen LogP contribution is 2.26. The summed E-state index contributed by atoms with van der Waals surface area (Å²) < 4.78 is 39.0. The molecule has 3 rings (SSSR count). The normalized spacial score (nSPS) is 11.4. The van der Waals surface area contributed by atoms with E-state index < -0.39 is 18.6 Å². The van der Waals surface area contributed by atoms with Crippen LogP contribution in [0.25, 0.3) is 11.4 Å². The molecule has 0 unspecified atom stereocenters. The molecule has 0 spiro atoms. The van der Waals surface area contributed by atoms with Gasteiger partial charge in [0.2, 0.25) is 5.91 Å². The fraction of sp³-hybridized carbons (Fsp3) is 0.304. The van der Waals surface area contributed by atoms with Gasteiger partial charge in [-0.25, -0.2) is 0 Å². The second-order valence-corrected chi connectivity index (χ2v) is 8.47. The maximum atomic E-state index is 12.6. The Morgan fingerprint density at radius 3 is 2.47 bits per heavy atom. The largest absolute Gasteiger partial charge is 0.405 e. The summed E-state index contributed by atoms with van der Waals surface area (Å²) in [7, 11) is 0. The summed E-state index contributed by atoms with van der Waals surface area (Å²) in [4.78, 5) is 24.6. The van der Waals surface area contributed by atoms with Crippen molar-refractivity contribution in [3.63, 3.8) is 0 Å². The Bertz CT molecular complexity index is 1190. The van der Waals surface area contributed by atoms with Gasteiger partial charge in [-0.05, 0) is 44.0 Å². The molecule has 0 aliphatic rings. The second-order valence-electron chi connectivity index (χ2n) is 7.53. The lowest BCUT2D eigenvalue weighted by Gasteiger charge is -2.12. The summed E-state index contributed by atoms with van der Waals surface area (Å²) in [5.41, 5.74) is 3.07. The molecule has 0 atom stereocenters. The molecule has 1 aromatic heterocycles. The third kappa shape index (κ3) is 6.37. The topological polar surface area (TPSA) is 88.9 Å². The number of alkyl halides is 3. The molecule has 2 amide bonds. The summed E-state index contributed by atoms with van der Waals surface area (Å²) in [6, 6.07) is 12.2. The molecular formula is C23H24F3N5O2S. The van der Waals surface area contributed by atoms with E-state index in [1.165, 1.54) is 23.9 Å². The van der Waals surface area contributed by atoms with Crippen molar-refractivity contribution >= 4 is 29.3 Å². The number of amides is 2. The molecule has 0 aliphatic carbocycles. The quantitative estimate of drug-likeness (QED) is 0.450. The van der Waals surface area contributed by atoms with Crippen LogP contribution >= 0.6 is 11.8 Å². The molecule has 180 valence electrons. The fourth-order valence-corrected chi connectivity index (χ4v) is 4.00. The van der Waals surface area contributed by atoms with Gasteiger partial charge >= 0.3 is 6.18 Å². The number of halogens is 3. The maximum Gasteiger partial charge on any atom is 0.405 e. The van der Waals surface area contributed by atoms with E-state index in [0.29, 0.717) is 23.0 Å². The Kier molecular flexibility index (Phi) is 7.98. The smallest absolute Gasteiger partial charge is 0.343 e. The summed E-state index contributed by atoms with van der Waals surface area (Å²) >= 11 is 1.22. The van der Waals surface area contributed by atoms with Gasteiger partial charge in [0.05, 0.1) is 5.75 Å². The zero-order valence-corrected chi connectivity index (χ0v) is 19.7. The minimum Gasteiger partial charge on any atom is -0.343 e. The minimum absolute atomic E-state index is 0.0198. The third-order valence-electron chi connectivity index (χ3n) is 4.97. The molecule has 2 N–H and O–H groups in total. The number of hydrogen-bond acceptors (Lipinski definition) is 5. The monoisotopic (exact) mass is 491 g/mol. The predicted octanol–water partition coefficient (Wildman–Crippen LogP) is 4.60. The number of aromatic nitrogens is 3. The van der Waals surface area contributed by atoms with E-state index >= 15 is 0 Å². The Hall–Kier alpha value is -3.34. The first-order chi connectivity index (χ1) is 16.1. The number of rotatable bonds is 8. The van der Waals surface area contributed by atoms with E-state index in [9.17, 15) is 22.8 Å². The van der Waals surface area contributed by atoms with Crippen LogP contribution in [0.1, 0.15) is 28.4 Å². The van der Waals surface area contributed by atoms with Gasteiger partial charge in [-0.2, -0.15) is 13.2 Å². The van der Waals surface area contributed by atoms with Crippen LogP contribution in [0.15, 0.2) is 47.6 Å². The number of hydrogen-bond donors (Lipinski definition) is 2. The van der Waals surface area contributed by atoms with Crippen molar-refractivity contribution in [3.05, 3.63) is 59.2 Å². The summed E-state index contributed by atoms with van der Waals surface area (Å²) in [5, 5.41) is 13.6. The Balaban J connectivity index is 1.67. The van der Waals surface area contributed by atoms with E-state index in [1.54, 1.807) is 13.0 Å². The Morgan fingerprint density at radius 2 is 1.79 bits per heavy atom. The van der Waals surface area contributed by atoms with Crippen molar-refractivity contribution in [2.24, 2.45) is 0 Å². The first-order valence-electron chi connectivity index (χ1n) is 10.5. The van der Waals surface area contributed by atoms with Crippen LogP contribution in [0, 0.1) is 13.8 Å². The highest BCUT2D eigenvalue weighted by Gasteiger charge is 2.28. The van der Waals surface area contributed by atoms with Crippen LogP contribution in [0.2, 0.25) is 0 Å². The summed E-state index contributed by atoms with van der Waals surface area (Å²) in [5.74, 6) is -0.460. The van der Waals surface area contributed by atoms with Gasteiger partial charge in [-0.3, -0.25) is 9.59 Å². The first-order valence-corrected chi connectivity index (χ1v) is 11.4. The maximum absolute atomic E-state index is 12.6. The summed E-state index contributed by atoms with van der Waals surface area (Å²) in [6.45, 7) is 4.87. The minimum atomic E-state index is -4.51. The van der Waals surface area contributed by atoms with Gasteiger partial charge in [-0.15, -0.1) is 10.2 Å². The molecule has 7 nitrogen and oxygen atoms in total. The summed E-state index contributed by atoms with van der Waals surface area (Å²) in [6.07, 6.45) is -4.51. The van der Waals surface area contributed by atoms with Crippen molar-refractivity contribution in [3.8, 4) is 11.4 Å². The predicted molar refractivity (Wildman–Crippen MR) is 125 cm³/mol. The van der Waals surface area contributed by atoms with Crippen LogP contribution in [-0.2, 0) is 11.3 Å². The molecule has 0 saturated carbocycles. The molecule has 0 bridgehead atoms. The Morgan fingerprint density at radius 1 is 1.06 bits per heavy atom. The number of carbonyl (C=O) groups excluding carboxylic acids is 2. The van der Waals surface area contributed by atoms with Crippen LogP contribution in [0.4, 0.5) is 18.9 Å². The average molecular weight is 492 g/mol. The average Bonchev–Trinajstić information content (AvgIpc) is 3.20. The van der Waals surface area contributed by atoms with Gasteiger partial charge < -0.3 is 15.2 Å². The van der Waals surface area contributed by atoms with Crippen molar-refractivity contribution < 1.29 is 22.8 Å². The number of nitrogens with zero attached hydrogens (tertiary/aromatic N) is 3. The van der Waals surface area contributed by atoms with E-state index in [2.05, 4.69) is 15.5 Å². The van der Waals surface area contributed by atoms with Crippen LogP contribution in [-0.4, -0.2) is 45.1 Å². The van der Waals surface area contributed by atoms with E-state index in [-0.39, 0.29) is 17.2 Å². The standard InChI is InChI=1S/C23H24F3N5O2S/c1-4-31-20(17-8-6-5-7-14(17)2)29-30-22(31)34-12-19(32)28-18-11-16(10-9-15(18)3)21(33)27-13-23(24,25)26/h5-11H,4,12-13H2,1-3H3,(H,27,33)(H,28,32). The highest BCUT2D eigenvalue weighted by atomic mass is 32.2. The lowest BCUT2D eigenvalue weighted by atomic mass is 10.1. The van der Waals surface area contributed by atoms with Crippen LogP contribution < -0.4 is 10.6 Å². The lowest BCUT2D eigenvalue weighted by Crippen LogP contribution is -2.33. The van der Waals surface area contributed by atoms with Crippen molar-refractivity contribution in [1.29, 1.82) is 0 Å². The molecule has 0 fully saturated rings. The van der Waals surface area contributed by atoms with Crippen molar-refractivity contribution in [1.82, 2.24) is 20.1 Å². The van der Waals surface area contributed by atoms with Gasteiger partial charge in [0.15, 0.2) is 11.0 Å². The third-order valence-corrected chi connectivity index (χ3v) is 5.94. The molecule has 0 aliphatic heterocycles. The fourth-order valence-electron chi connectivity index (χ4n) is 3.20. The van der Waals surface area contributed by atoms with Gasteiger partial charge in [0, 0.05) is 23.4 Å². The molecule has 0 saturated heterocycles. The molecule has 1 heterocycles. The Labute approximate surface area is 199 Å². The molecule has 2 aromatic carbocycles. The highest BCUT2D eigenvalue weighted by molar-refractivity contribution is 7.99. The zero-order chi connectivity index (χ0) is 24.9. The number of aryl methyl sites for hydroxylation is 2. The van der Waals surface area contributed by atoms with Gasteiger partial charge in [0.25, 0.3) is 5.91 Å². The van der Waals surface area contributed by atoms with Crippen LogP contribution in [0.3, 0.4) is 0 Å². The SMILES string of the molecule is CCn1c(SCC(=O)Nc2cc(C(=O)NCC(F)(F)F)ccc2C)nnc1-c1ccccc1C. The molecule has 3 aromatic rings.